The van der Waals surface area contributed by atoms with Crippen molar-refractivity contribution >= 4 is 23.9 Å². The van der Waals surface area contributed by atoms with E-state index in [9.17, 15) is 24.3 Å². The summed E-state index contributed by atoms with van der Waals surface area (Å²) in [7, 11) is 0. The van der Waals surface area contributed by atoms with Gasteiger partial charge >= 0.3 is 23.9 Å². The van der Waals surface area contributed by atoms with E-state index in [0.717, 1.165) is 0 Å². The summed E-state index contributed by atoms with van der Waals surface area (Å²) in [6, 6.07) is 32.1. The summed E-state index contributed by atoms with van der Waals surface area (Å²) < 4.78 is 28.8. The van der Waals surface area contributed by atoms with Crippen LogP contribution in [0.5, 0.6) is 0 Å². The Balaban J connectivity index is 1.49. The van der Waals surface area contributed by atoms with Gasteiger partial charge in [0.25, 0.3) is 0 Å². The number of ether oxygens (including phenoxy) is 5. The first-order chi connectivity index (χ1) is 21.4. The smallest absolute Gasteiger partial charge is 0.340 e. The van der Waals surface area contributed by atoms with Crippen molar-refractivity contribution < 1.29 is 48.0 Å². The Hall–Kier alpha value is -5.32. The summed E-state index contributed by atoms with van der Waals surface area (Å²) >= 11 is 0. The second-order valence-electron chi connectivity index (χ2n) is 9.70. The molecule has 1 fully saturated rings. The Morgan fingerprint density at radius 3 is 1.32 bits per heavy atom. The molecule has 1 aliphatic heterocycles. The first kappa shape index (κ1) is 30.1. The fourth-order valence-electron chi connectivity index (χ4n) is 4.57. The third kappa shape index (κ3) is 7.17. The summed E-state index contributed by atoms with van der Waals surface area (Å²) in [5.41, 5.74) is 0.720. The number of aliphatic hydroxyl groups is 1. The van der Waals surface area contributed by atoms with Crippen LogP contribution in [0, 0.1) is 0 Å². The number of aliphatic hydroxyl groups excluding tert-OH is 1. The van der Waals surface area contributed by atoms with Crippen LogP contribution in [0.15, 0.2) is 121 Å². The molecule has 1 aliphatic rings. The van der Waals surface area contributed by atoms with Gasteiger partial charge in [0.1, 0.15) is 6.10 Å². The number of carbonyl (C=O) groups excluding carboxylic acids is 4. The molecule has 1 heterocycles. The highest BCUT2D eigenvalue weighted by atomic mass is 16.8. The van der Waals surface area contributed by atoms with Crippen LogP contribution in [0.3, 0.4) is 0 Å². The number of hydrogen-bond acceptors (Lipinski definition) is 10. The molecule has 10 heteroatoms. The summed E-state index contributed by atoms with van der Waals surface area (Å²) in [5, 5.41) is 10.3. The molecule has 0 amide bonds. The Morgan fingerprint density at radius 2 is 0.909 bits per heavy atom. The van der Waals surface area contributed by atoms with E-state index in [1.807, 2.05) is 0 Å². The van der Waals surface area contributed by atoms with E-state index >= 15 is 0 Å². The zero-order valence-corrected chi connectivity index (χ0v) is 23.3. The van der Waals surface area contributed by atoms with Crippen molar-refractivity contribution in [2.45, 2.75) is 30.7 Å². The molecule has 0 aliphatic carbocycles. The number of benzene rings is 4. The van der Waals surface area contributed by atoms with Crippen LogP contribution in [-0.4, -0.2) is 66.3 Å². The molecule has 0 aromatic heterocycles. The highest BCUT2D eigenvalue weighted by Crippen LogP contribution is 2.33. The van der Waals surface area contributed by atoms with E-state index < -0.39 is 61.2 Å². The van der Waals surface area contributed by atoms with Gasteiger partial charge in [-0.25, -0.2) is 19.2 Å². The largest absolute Gasteiger partial charge is 0.453 e. The molecule has 224 valence electrons. The van der Waals surface area contributed by atoms with Crippen molar-refractivity contribution in [1.82, 2.24) is 0 Å². The summed E-state index contributed by atoms with van der Waals surface area (Å²) in [5.74, 6) is -3.23. The lowest BCUT2D eigenvalue weighted by atomic mass is 10.0. The van der Waals surface area contributed by atoms with E-state index in [-0.39, 0.29) is 22.3 Å². The quantitative estimate of drug-likeness (QED) is 0.209. The molecule has 1 N–H and O–H groups in total. The van der Waals surface area contributed by atoms with E-state index in [0.29, 0.717) is 0 Å². The van der Waals surface area contributed by atoms with Gasteiger partial charge in [-0.15, -0.1) is 0 Å². The summed E-state index contributed by atoms with van der Waals surface area (Å²) in [6.45, 7) is -0.763. The van der Waals surface area contributed by atoms with Gasteiger partial charge in [0.2, 0.25) is 12.4 Å². The van der Waals surface area contributed by atoms with Crippen molar-refractivity contribution in [2.24, 2.45) is 0 Å². The lowest BCUT2D eigenvalue weighted by Crippen LogP contribution is -2.47. The molecule has 44 heavy (non-hydrogen) atoms. The molecule has 5 rings (SSSR count). The highest BCUT2D eigenvalue weighted by molar-refractivity contribution is 5.91. The fraction of sp³-hybridized carbons (Fsp3) is 0.176. The van der Waals surface area contributed by atoms with Crippen LogP contribution >= 0.6 is 0 Å². The van der Waals surface area contributed by atoms with Crippen LogP contribution in [0.4, 0.5) is 0 Å². The predicted molar refractivity (Wildman–Crippen MR) is 155 cm³/mol. The summed E-state index contributed by atoms with van der Waals surface area (Å²) in [6.07, 6.45) is -7.45. The number of esters is 4. The molecule has 10 nitrogen and oxygen atoms in total. The molecule has 0 radical (unpaired) electrons. The van der Waals surface area contributed by atoms with Gasteiger partial charge in [0.05, 0.1) is 28.9 Å². The molecule has 0 bridgehead atoms. The van der Waals surface area contributed by atoms with Crippen LogP contribution in [0.25, 0.3) is 0 Å². The van der Waals surface area contributed by atoms with Gasteiger partial charge in [0, 0.05) is 0 Å². The first-order valence-corrected chi connectivity index (χ1v) is 13.7. The van der Waals surface area contributed by atoms with Crippen LogP contribution < -0.4 is 0 Å². The summed E-state index contributed by atoms with van der Waals surface area (Å²) in [4.78, 5) is 52.5. The van der Waals surface area contributed by atoms with E-state index in [1.54, 1.807) is 72.8 Å². The molecular formula is C34H28O10. The van der Waals surface area contributed by atoms with Gasteiger partial charge in [-0.2, -0.15) is 0 Å². The third-order valence-corrected chi connectivity index (χ3v) is 6.76. The Labute approximate surface area is 252 Å². The molecule has 0 saturated carbocycles. The van der Waals surface area contributed by atoms with Gasteiger partial charge < -0.3 is 28.8 Å². The third-order valence-electron chi connectivity index (χ3n) is 6.76. The minimum absolute atomic E-state index is 0.172. The van der Waals surface area contributed by atoms with Gasteiger partial charge in [-0.1, -0.05) is 72.8 Å². The molecular weight excluding hydrogens is 568 g/mol. The fourth-order valence-corrected chi connectivity index (χ4v) is 4.57. The van der Waals surface area contributed by atoms with Crippen LogP contribution in [0.2, 0.25) is 0 Å². The van der Waals surface area contributed by atoms with E-state index in [4.69, 9.17) is 23.7 Å². The lowest BCUT2D eigenvalue weighted by Gasteiger charge is -2.27. The van der Waals surface area contributed by atoms with Crippen LogP contribution in [-0.2, 0) is 23.7 Å². The molecule has 1 saturated heterocycles. The van der Waals surface area contributed by atoms with Gasteiger partial charge in [-0.3, -0.25) is 0 Å². The second kappa shape index (κ2) is 14.2. The topological polar surface area (TPSA) is 135 Å². The maximum atomic E-state index is 13.3. The monoisotopic (exact) mass is 596 g/mol. The SMILES string of the molecule is O=C(O[C@@H]1O[C@@H]([C@@H](CO)OC(=O)c2ccccc2)[C@H](OC(=O)c2ccccc2)[C@H]1OC(=O)c1ccccc1)c1ccccc1. The van der Waals surface area contributed by atoms with E-state index in [1.165, 1.54) is 48.5 Å². The predicted octanol–water partition coefficient (Wildman–Crippen LogP) is 4.24. The maximum absolute atomic E-state index is 13.3. The zero-order valence-electron chi connectivity index (χ0n) is 23.3. The maximum Gasteiger partial charge on any atom is 0.340 e. The highest BCUT2D eigenvalue weighted by Gasteiger charge is 2.55. The minimum atomic E-state index is -1.61. The first-order valence-electron chi connectivity index (χ1n) is 13.7. The van der Waals surface area contributed by atoms with E-state index in [2.05, 4.69) is 0 Å². The van der Waals surface area contributed by atoms with Crippen molar-refractivity contribution in [3.05, 3.63) is 144 Å². The molecule has 0 unspecified atom stereocenters. The molecule has 0 spiro atoms. The molecule has 5 atom stereocenters. The second-order valence-corrected chi connectivity index (χ2v) is 9.70. The average Bonchev–Trinajstić information content (AvgIpc) is 3.40. The number of hydrogen-bond donors (Lipinski definition) is 1. The van der Waals surface area contributed by atoms with Crippen molar-refractivity contribution in [3.8, 4) is 0 Å². The van der Waals surface area contributed by atoms with Gasteiger partial charge in [0.15, 0.2) is 12.2 Å². The molecule has 4 aromatic rings. The number of rotatable bonds is 10. The Morgan fingerprint density at radius 1 is 0.545 bits per heavy atom. The average molecular weight is 597 g/mol. The van der Waals surface area contributed by atoms with Crippen molar-refractivity contribution in [1.29, 1.82) is 0 Å². The minimum Gasteiger partial charge on any atom is -0.453 e. The molecule has 4 aromatic carbocycles. The lowest BCUT2D eigenvalue weighted by molar-refractivity contribution is -0.156. The number of carbonyl (C=O) groups is 4. The van der Waals surface area contributed by atoms with Crippen molar-refractivity contribution in [2.75, 3.05) is 6.61 Å². The van der Waals surface area contributed by atoms with Gasteiger partial charge in [-0.05, 0) is 48.5 Å². The normalized spacial score (nSPS) is 19.8. The van der Waals surface area contributed by atoms with Crippen LogP contribution in [0.1, 0.15) is 41.4 Å². The Kier molecular flexibility index (Phi) is 9.75. The Bertz CT molecular complexity index is 1560. The zero-order chi connectivity index (χ0) is 30.9. The van der Waals surface area contributed by atoms with Crippen molar-refractivity contribution in [3.63, 3.8) is 0 Å². The standard InChI is InChI=1S/C34H28O10/c35-21-26(40-30(36)22-13-5-1-6-14-22)27-28(41-31(37)23-15-7-2-8-16-23)29(42-32(38)24-17-9-3-10-18-24)34(43-27)44-33(39)25-19-11-4-12-20-25/h1-20,26-29,34-35H,21H2/t26-,27+,28+,29-,34+/m1/s1.